The van der Waals surface area contributed by atoms with Gasteiger partial charge in [-0.2, -0.15) is 0 Å². The number of carbonyl (C=O) groups excluding carboxylic acids is 2. The van der Waals surface area contributed by atoms with Crippen LogP contribution in [0.15, 0.2) is 60.8 Å². The molecule has 33 heavy (non-hydrogen) atoms. The van der Waals surface area contributed by atoms with E-state index in [9.17, 15) is 9.59 Å². The predicted octanol–water partition coefficient (Wildman–Crippen LogP) is 4.45. The maximum Gasteiger partial charge on any atom is 0.325 e. The number of esters is 1. The van der Waals surface area contributed by atoms with E-state index in [1.165, 1.54) is 16.9 Å². The van der Waals surface area contributed by atoms with Gasteiger partial charge < -0.3 is 19.1 Å². The summed E-state index contributed by atoms with van der Waals surface area (Å²) in [5.41, 5.74) is 1.43. The Bertz CT molecular complexity index is 1100. The van der Waals surface area contributed by atoms with Gasteiger partial charge in [-0.25, -0.2) is 0 Å². The van der Waals surface area contributed by atoms with Crippen LogP contribution in [0, 0.1) is 0 Å². The first-order valence-electron chi connectivity index (χ1n) is 10.1. The number of amides is 1. The van der Waals surface area contributed by atoms with Crippen LogP contribution in [-0.4, -0.2) is 48.8 Å². The molecule has 1 fully saturated rings. The molecule has 0 atom stereocenters. The first kappa shape index (κ1) is 24.3. The SMILES string of the molecule is C=CCOc1ccc(/C=C2/C(=O)N(c3ccc(Cl)cc3)C(=S)N2CC(=O)OC)cc1OCC. The number of carbonyl (C=O) groups is 2. The molecular formula is C24H23ClN2O5S. The van der Waals surface area contributed by atoms with Crippen molar-refractivity contribution in [3.05, 3.63) is 71.4 Å². The van der Waals surface area contributed by atoms with Gasteiger partial charge in [0, 0.05) is 5.02 Å². The average Bonchev–Trinajstić information content (AvgIpc) is 3.03. The molecule has 0 unspecified atom stereocenters. The number of ether oxygens (including phenoxy) is 3. The Morgan fingerprint density at radius 1 is 1.15 bits per heavy atom. The third-order valence-electron chi connectivity index (χ3n) is 4.66. The van der Waals surface area contributed by atoms with E-state index in [-0.39, 0.29) is 23.3 Å². The van der Waals surface area contributed by atoms with E-state index in [1.54, 1.807) is 54.6 Å². The standard InChI is InChI=1S/C24H23ClN2O5S/c1-4-12-32-20-11-6-16(14-21(20)31-5-2)13-19-23(29)27(18-9-7-17(25)8-10-18)24(33)26(19)15-22(28)30-3/h4,6-11,13-14H,1,5,12,15H2,2-3H3/b19-13-. The molecular weight excluding hydrogens is 464 g/mol. The lowest BCUT2D eigenvalue weighted by Gasteiger charge is -2.19. The lowest BCUT2D eigenvalue weighted by molar-refractivity contribution is -0.140. The molecule has 3 rings (SSSR count). The second-order valence-electron chi connectivity index (χ2n) is 6.83. The molecule has 1 aliphatic rings. The van der Waals surface area contributed by atoms with Crippen molar-refractivity contribution in [1.29, 1.82) is 0 Å². The molecule has 0 bridgehead atoms. The Balaban J connectivity index is 2.03. The van der Waals surface area contributed by atoms with Gasteiger partial charge in [-0.1, -0.05) is 30.3 Å². The zero-order valence-corrected chi connectivity index (χ0v) is 19.8. The number of thiocarbonyl (C=S) groups is 1. The van der Waals surface area contributed by atoms with Gasteiger partial charge in [0.2, 0.25) is 0 Å². The maximum absolute atomic E-state index is 13.4. The summed E-state index contributed by atoms with van der Waals surface area (Å²) in [5, 5.41) is 0.690. The van der Waals surface area contributed by atoms with Crippen LogP contribution in [0.1, 0.15) is 12.5 Å². The summed E-state index contributed by atoms with van der Waals surface area (Å²) < 4.78 is 16.1. The van der Waals surface area contributed by atoms with Crippen LogP contribution < -0.4 is 14.4 Å². The molecule has 0 saturated carbocycles. The second-order valence-corrected chi connectivity index (χ2v) is 7.63. The summed E-state index contributed by atoms with van der Waals surface area (Å²) in [6.07, 6.45) is 3.28. The van der Waals surface area contributed by atoms with Gasteiger partial charge in [0.05, 0.1) is 19.4 Å². The summed E-state index contributed by atoms with van der Waals surface area (Å²) in [6, 6.07) is 12.0. The van der Waals surface area contributed by atoms with Gasteiger partial charge in [0.15, 0.2) is 16.6 Å². The Labute approximate surface area is 202 Å². The lowest BCUT2D eigenvalue weighted by Crippen LogP contribution is -2.35. The van der Waals surface area contributed by atoms with Gasteiger partial charge in [-0.05, 0) is 67.2 Å². The summed E-state index contributed by atoms with van der Waals surface area (Å²) in [5.74, 6) is 0.172. The molecule has 1 heterocycles. The number of hydrogen-bond donors (Lipinski definition) is 0. The highest BCUT2D eigenvalue weighted by Crippen LogP contribution is 2.33. The van der Waals surface area contributed by atoms with Crippen molar-refractivity contribution in [1.82, 2.24) is 4.90 Å². The number of hydrogen-bond acceptors (Lipinski definition) is 6. The Hall–Kier alpha value is -3.36. The van der Waals surface area contributed by atoms with Crippen LogP contribution in [-0.2, 0) is 14.3 Å². The van der Waals surface area contributed by atoms with Crippen LogP contribution in [0.25, 0.3) is 6.08 Å². The zero-order valence-electron chi connectivity index (χ0n) is 18.2. The minimum absolute atomic E-state index is 0.162. The quantitative estimate of drug-likeness (QED) is 0.224. The van der Waals surface area contributed by atoms with E-state index < -0.39 is 5.97 Å². The van der Waals surface area contributed by atoms with Crippen molar-refractivity contribution >= 4 is 52.6 Å². The monoisotopic (exact) mass is 486 g/mol. The first-order chi connectivity index (χ1) is 15.9. The number of halogens is 1. The van der Waals surface area contributed by atoms with Crippen LogP contribution in [0.5, 0.6) is 11.5 Å². The van der Waals surface area contributed by atoms with Crippen LogP contribution in [0.2, 0.25) is 5.02 Å². The third kappa shape index (κ3) is 5.53. The molecule has 0 aromatic heterocycles. The van der Waals surface area contributed by atoms with Crippen molar-refractivity contribution in [2.75, 3.05) is 31.8 Å². The van der Waals surface area contributed by atoms with Crippen molar-refractivity contribution in [3.8, 4) is 11.5 Å². The summed E-state index contributed by atoms with van der Waals surface area (Å²) >= 11 is 11.5. The third-order valence-corrected chi connectivity index (χ3v) is 5.32. The fourth-order valence-corrected chi connectivity index (χ4v) is 3.63. The highest BCUT2D eigenvalue weighted by atomic mass is 35.5. The fraction of sp³-hybridized carbons (Fsp3) is 0.208. The van der Waals surface area contributed by atoms with Crippen molar-refractivity contribution in [2.45, 2.75) is 6.92 Å². The minimum atomic E-state index is -0.530. The van der Waals surface area contributed by atoms with Crippen LogP contribution >= 0.6 is 23.8 Å². The molecule has 2 aromatic carbocycles. The van der Waals surface area contributed by atoms with Crippen molar-refractivity contribution in [2.24, 2.45) is 0 Å². The van der Waals surface area contributed by atoms with E-state index in [2.05, 4.69) is 6.58 Å². The van der Waals surface area contributed by atoms with E-state index in [4.69, 9.17) is 38.0 Å². The summed E-state index contributed by atoms with van der Waals surface area (Å²) in [6.45, 7) is 6.07. The molecule has 0 spiro atoms. The number of rotatable bonds is 9. The number of benzene rings is 2. The molecule has 172 valence electrons. The summed E-state index contributed by atoms with van der Waals surface area (Å²) in [7, 11) is 1.28. The van der Waals surface area contributed by atoms with Crippen molar-refractivity contribution in [3.63, 3.8) is 0 Å². The first-order valence-corrected chi connectivity index (χ1v) is 10.9. The largest absolute Gasteiger partial charge is 0.490 e. The minimum Gasteiger partial charge on any atom is -0.490 e. The molecule has 9 heteroatoms. The number of anilines is 1. The van der Waals surface area contributed by atoms with Gasteiger partial charge in [0.1, 0.15) is 18.8 Å². The van der Waals surface area contributed by atoms with Gasteiger partial charge >= 0.3 is 5.97 Å². The topological polar surface area (TPSA) is 68.3 Å². The lowest BCUT2D eigenvalue weighted by atomic mass is 10.1. The smallest absolute Gasteiger partial charge is 0.325 e. The average molecular weight is 487 g/mol. The van der Waals surface area contributed by atoms with Gasteiger partial charge in [-0.15, -0.1) is 0 Å². The molecule has 7 nitrogen and oxygen atoms in total. The summed E-state index contributed by atoms with van der Waals surface area (Å²) in [4.78, 5) is 28.2. The Morgan fingerprint density at radius 3 is 2.52 bits per heavy atom. The molecule has 1 saturated heterocycles. The molecule has 0 aliphatic carbocycles. The van der Waals surface area contributed by atoms with Crippen molar-refractivity contribution < 1.29 is 23.8 Å². The van der Waals surface area contributed by atoms with Crippen LogP contribution in [0.3, 0.4) is 0 Å². The Morgan fingerprint density at radius 2 is 1.88 bits per heavy atom. The molecule has 0 N–H and O–H groups in total. The normalized spacial score (nSPS) is 14.6. The molecule has 1 aliphatic heterocycles. The highest BCUT2D eigenvalue weighted by molar-refractivity contribution is 7.80. The van der Waals surface area contributed by atoms with E-state index >= 15 is 0 Å². The predicted molar refractivity (Wildman–Crippen MR) is 132 cm³/mol. The van der Waals surface area contributed by atoms with Gasteiger partial charge in [0.25, 0.3) is 5.91 Å². The zero-order chi connectivity index (χ0) is 24.0. The number of nitrogens with zero attached hydrogens (tertiary/aromatic N) is 2. The van der Waals surface area contributed by atoms with E-state index in [0.29, 0.717) is 41.0 Å². The fourth-order valence-electron chi connectivity index (χ4n) is 3.15. The van der Waals surface area contributed by atoms with Gasteiger partial charge in [-0.3, -0.25) is 14.5 Å². The Kier molecular flexibility index (Phi) is 8.08. The van der Waals surface area contributed by atoms with E-state index in [0.717, 1.165) is 0 Å². The van der Waals surface area contributed by atoms with E-state index in [1.807, 2.05) is 6.92 Å². The second kappa shape index (κ2) is 11.0. The maximum atomic E-state index is 13.4. The molecule has 1 amide bonds. The highest BCUT2D eigenvalue weighted by Gasteiger charge is 2.40. The van der Waals surface area contributed by atoms with Crippen LogP contribution in [0.4, 0.5) is 5.69 Å². The number of methoxy groups -OCH3 is 1. The molecule has 0 radical (unpaired) electrons. The molecule has 2 aromatic rings.